The van der Waals surface area contributed by atoms with Crippen LogP contribution < -0.4 is 16.4 Å². The quantitative estimate of drug-likeness (QED) is 0.500. The van der Waals surface area contributed by atoms with Gasteiger partial charge in [0.25, 0.3) is 0 Å². The lowest BCUT2D eigenvalue weighted by Gasteiger charge is -2.32. The Balaban J connectivity index is 1.50. The molecule has 0 radical (unpaired) electrons. The van der Waals surface area contributed by atoms with Crippen molar-refractivity contribution in [3.63, 3.8) is 0 Å². The summed E-state index contributed by atoms with van der Waals surface area (Å²) in [6, 6.07) is 8.03. The minimum atomic E-state index is -0.338. The largest absolute Gasteiger partial charge is 0.469 e. The molecule has 2 amide bonds. The van der Waals surface area contributed by atoms with Gasteiger partial charge in [0, 0.05) is 49.9 Å². The summed E-state index contributed by atoms with van der Waals surface area (Å²) in [7, 11) is 0. The molecule has 0 bridgehead atoms. The van der Waals surface area contributed by atoms with Crippen molar-refractivity contribution in [2.75, 3.05) is 26.2 Å². The monoisotopic (exact) mass is 389 g/mol. The van der Waals surface area contributed by atoms with Crippen molar-refractivity contribution in [1.82, 2.24) is 15.5 Å². The summed E-state index contributed by atoms with van der Waals surface area (Å²) in [5, 5.41) is 8.99. The van der Waals surface area contributed by atoms with Gasteiger partial charge in [-0.15, -0.1) is 11.3 Å². The number of nitrogens with one attached hydrogen (secondary N) is 2. The number of nitrogens with two attached hydrogens (primary N) is 1. The summed E-state index contributed by atoms with van der Waals surface area (Å²) in [6.07, 6.45) is 5.16. The number of hydrogen-bond acceptors (Lipinski definition) is 4. The molecule has 8 heteroatoms. The average molecular weight is 390 g/mol. The lowest BCUT2D eigenvalue weighted by atomic mass is 10.1. The molecule has 1 fully saturated rings. The summed E-state index contributed by atoms with van der Waals surface area (Å²) >= 11 is 1.76. The van der Waals surface area contributed by atoms with E-state index < -0.39 is 0 Å². The summed E-state index contributed by atoms with van der Waals surface area (Å²) in [5.74, 6) is 1.77. The first-order valence-electron chi connectivity index (χ1n) is 9.34. The lowest BCUT2D eigenvalue weighted by molar-refractivity contribution is 0.188. The number of nitrogens with zero attached hydrogens (tertiary/aromatic N) is 2. The van der Waals surface area contributed by atoms with Crippen LogP contribution in [0.2, 0.25) is 0 Å². The molecule has 0 aromatic carbocycles. The van der Waals surface area contributed by atoms with Gasteiger partial charge in [-0.05, 0) is 36.4 Å². The van der Waals surface area contributed by atoms with Crippen LogP contribution in [-0.2, 0) is 12.8 Å². The van der Waals surface area contributed by atoms with Crippen LogP contribution >= 0.6 is 11.3 Å². The predicted octanol–water partition coefficient (Wildman–Crippen LogP) is 2.20. The topological polar surface area (TPSA) is 95.9 Å². The van der Waals surface area contributed by atoms with E-state index in [0.717, 1.165) is 50.5 Å². The number of carbonyl (C=O) groups is 1. The van der Waals surface area contributed by atoms with Crippen molar-refractivity contribution < 1.29 is 9.21 Å². The first-order valence-corrected chi connectivity index (χ1v) is 10.2. The summed E-state index contributed by atoms with van der Waals surface area (Å²) < 4.78 is 5.38. The fraction of sp³-hybridized carbons (Fsp3) is 0.474. The van der Waals surface area contributed by atoms with Gasteiger partial charge in [0.05, 0.1) is 6.26 Å². The van der Waals surface area contributed by atoms with Crippen molar-refractivity contribution >= 4 is 23.3 Å². The summed E-state index contributed by atoms with van der Waals surface area (Å²) in [6.45, 7) is 2.85. The van der Waals surface area contributed by atoms with Gasteiger partial charge in [-0.2, -0.15) is 0 Å². The zero-order valence-corrected chi connectivity index (χ0v) is 16.2. The van der Waals surface area contributed by atoms with Crippen LogP contribution in [0.3, 0.4) is 0 Å². The number of likely N-dealkylation sites (tertiary alicyclic amines) is 1. The van der Waals surface area contributed by atoms with Crippen LogP contribution in [0.4, 0.5) is 4.79 Å². The fourth-order valence-corrected chi connectivity index (χ4v) is 3.78. The van der Waals surface area contributed by atoms with Gasteiger partial charge in [-0.25, -0.2) is 4.79 Å². The van der Waals surface area contributed by atoms with Crippen molar-refractivity contribution in [2.24, 2.45) is 10.7 Å². The first-order chi connectivity index (χ1) is 13.2. The zero-order chi connectivity index (χ0) is 18.9. The second kappa shape index (κ2) is 10.0. The molecule has 7 nitrogen and oxygen atoms in total. The van der Waals surface area contributed by atoms with Crippen molar-refractivity contribution in [2.45, 2.75) is 31.7 Å². The van der Waals surface area contributed by atoms with E-state index in [2.05, 4.69) is 28.1 Å². The van der Waals surface area contributed by atoms with Crippen molar-refractivity contribution in [3.05, 3.63) is 46.5 Å². The minimum Gasteiger partial charge on any atom is -0.469 e. The molecule has 1 aliphatic rings. The molecular formula is C19H27N5O2S. The van der Waals surface area contributed by atoms with Gasteiger partial charge in [0.2, 0.25) is 0 Å². The summed E-state index contributed by atoms with van der Waals surface area (Å²) in [5.41, 5.74) is 5.36. The number of amides is 2. The predicted molar refractivity (Wildman–Crippen MR) is 108 cm³/mol. The molecule has 3 heterocycles. The van der Waals surface area contributed by atoms with E-state index in [1.165, 1.54) is 4.88 Å². The Bertz CT molecular complexity index is 707. The smallest absolute Gasteiger partial charge is 0.314 e. The second-order valence-corrected chi connectivity index (χ2v) is 7.59. The molecule has 1 aliphatic heterocycles. The molecule has 0 aliphatic carbocycles. The maximum Gasteiger partial charge on any atom is 0.314 e. The van der Waals surface area contributed by atoms with Crippen LogP contribution in [0.15, 0.2) is 45.3 Å². The molecular weight excluding hydrogens is 362 g/mol. The third kappa shape index (κ3) is 6.32. The minimum absolute atomic E-state index is 0.289. The number of thiophene rings is 1. The van der Waals surface area contributed by atoms with Crippen LogP contribution in [-0.4, -0.2) is 49.1 Å². The third-order valence-corrected chi connectivity index (χ3v) is 5.54. The van der Waals surface area contributed by atoms with Gasteiger partial charge in [-0.1, -0.05) is 6.07 Å². The Hall–Kier alpha value is -2.48. The Morgan fingerprint density at radius 2 is 2.15 bits per heavy atom. The van der Waals surface area contributed by atoms with E-state index >= 15 is 0 Å². The van der Waals surface area contributed by atoms with Crippen LogP contribution in [0, 0.1) is 0 Å². The molecule has 2 aromatic heterocycles. The SMILES string of the molecule is NC(=O)N1CCC(NC(=NCCc2cccs2)NCCc2ccco2)CC1. The molecule has 4 N–H and O–H groups in total. The second-order valence-electron chi connectivity index (χ2n) is 6.56. The van der Waals surface area contributed by atoms with Gasteiger partial charge in [0.1, 0.15) is 5.76 Å². The number of carbonyl (C=O) groups excluding carboxylic acids is 1. The Labute approximate surface area is 163 Å². The third-order valence-electron chi connectivity index (χ3n) is 4.60. The number of aliphatic imine (C=N–C) groups is 1. The Morgan fingerprint density at radius 3 is 2.81 bits per heavy atom. The van der Waals surface area contributed by atoms with Crippen molar-refractivity contribution in [1.29, 1.82) is 0 Å². The highest BCUT2D eigenvalue weighted by Gasteiger charge is 2.21. The number of guanidine groups is 1. The molecule has 0 atom stereocenters. The highest BCUT2D eigenvalue weighted by molar-refractivity contribution is 7.09. The lowest BCUT2D eigenvalue weighted by Crippen LogP contribution is -2.51. The highest BCUT2D eigenvalue weighted by Crippen LogP contribution is 2.11. The molecule has 0 spiro atoms. The molecule has 1 saturated heterocycles. The molecule has 0 unspecified atom stereocenters. The van der Waals surface area contributed by atoms with E-state index in [4.69, 9.17) is 15.1 Å². The van der Waals surface area contributed by atoms with Gasteiger partial charge in [0.15, 0.2) is 5.96 Å². The van der Waals surface area contributed by atoms with Crippen molar-refractivity contribution in [3.8, 4) is 0 Å². The normalized spacial score (nSPS) is 15.7. The average Bonchev–Trinajstić information content (AvgIpc) is 3.36. The number of furan rings is 1. The molecule has 146 valence electrons. The molecule has 3 rings (SSSR count). The summed E-state index contributed by atoms with van der Waals surface area (Å²) in [4.78, 5) is 19.0. The van der Waals surface area contributed by atoms with Crippen LogP contribution in [0.1, 0.15) is 23.5 Å². The Kier molecular flexibility index (Phi) is 7.15. The number of urea groups is 1. The first kappa shape index (κ1) is 19.3. The van der Waals surface area contributed by atoms with Crippen LogP contribution in [0.5, 0.6) is 0 Å². The molecule has 2 aromatic rings. The number of piperidine rings is 1. The Morgan fingerprint density at radius 1 is 1.30 bits per heavy atom. The van der Waals surface area contributed by atoms with Gasteiger partial charge >= 0.3 is 6.03 Å². The van der Waals surface area contributed by atoms with Crippen LogP contribution in [0.25, 0.3) is 0 Å². The van der Waals surface area contributed by atoms with E-state index in [1.54, 1.807) is 22.5 Å². The molecule has 0 saturated carbocycles. The molecule has 27 heavy (non-hydrogen) atoms. The number of primary amides is 1. The number of hydrogen-bond donors (Lipinski definition) is 3. The fourth-order valence-electron chi connectivity index (χ4n) is 3.08. The maximum absolute atomic E-state index is 11.3. The zero-order valence-electron chi connectivity index (χ0n) is 15.4. The standard InChI is InChI=1S/C19H27N5O2S/c20-18(25)24-11-7-15(8-12-24)23-19(21-9-5-16-3-1-13-26-16)22-10-6-17-4-2-14-27-17/h1-4,13-15H,5-12H2,(H2,20,25)(H2,21,22,23). The van der Waals surface area contributed by atoms with E-state index in [1.807, 2.05) is 12.1 Å². The van der Waals surface area contributed by atoms with Gasteiger partial charge in [-0.3, -0.25) is 4.99 Å². The number of rotatable bonds is 7. The maximum atomic E-state index is 11.3. The van der Waals surface area contributed by atoms with E-state index in [0.29, 0.717) is 13.1 Å². The van der Waals surface area contributed by atoms with E-state index in [9.17, 15) is 4.79 Å². The van der Waals surface area contributed by atoms with Gasteiger partial charge < -0.3 is 25.7 Å². The van der Waals surface area contributed by atoms with E-state index in [-0.39, 0.29) is 12.1 Å². The highest BCUT2D eigenvalue weighted by atomic mass is 32.1.